The number of fused-ring (bicyclic) bond motifs is 1. The second-order valence-electron chi connectivity index (χ2n) is 2.16. The first kappa shape index (κ1) is 7.54. The van der Waals surface area contributed by atoms with E-state index in [1.54, 1.807) is 6.20 Å². The summed E-state index contributed by atoms with van der Waals surface area (Å²) in [5, 5.41) is 1.16. The van der Waals surface area contributed by atoms with Gasteiger partial charge >= 0.3 is 0 Å². The van der Waals surface area contributed by atoms with Crippen molar-refractivity contribution in [2.24, 2.45) is 0 Å². The van der Waals surface area contributed by atoms with Crippen molar-refractivity contribution in [1.29, 1.82) is 0 Å². The topological polar surface area (TPSA) is 28.7 Å². The van der Waals surface area contributed by atoms with E-state index in [1.165, 1.54) is 0 Å². The van der Waals surface area contributed by atoms with Crippen molar-refractivity contribution in [3.05, 3.63) is 26.6 Å². The molecule has 0 fully saturated rings. The maximum absolute atomic E-state index is 4.18. The van der Waals surface area contributed by atoms with Crippen LogP contribution in [0.15, 0.2) is 22.9 Å². The number of halogens is 2. The van der Waals surface area contributed by atoms with Crippen molar-refractivity contribution in [3.63, 3.8) is 0 Å². The van der Waals surface area contributed by atoms with Crippen LogP contribution in [0.3, 0.4) is 0 Å². The maximum Gasteiger partial charge on any atom is 0.111 e. The van der Waals surface area contributed by atoms with Crippen molar-refractivity contribution >= 4 is 49.4 Å². The Bertz CT molecular complexity index is 396. The monoisotopic (exact) mass is 322 g/mol. The van der Waals surface area contributed by atoms with E-state index in [0.29, 0.717) is 0 Å². The molecule has 1 N–H and O–H groups in total. The molecule has 11 heavy (non-hydrogen) atoms. The number of aromatic amines is 1. The first-order valence-electron chi connectivity index (χ1n) is 3.06. The van der Waals surface area contributed by atoms with Gasteiger partial charge in [0.05, 0.1) is 5.52 Å². The van der Waals surface area contributed by atoms with E-state index < -0.39 is 0 Å². The zero-order valence-electron chi connectivity index (χ0n) is 5.44. The quantitative estimate of drug-likeness (QED) is 0.586. The van der Waals surface area contributed by atoms with Crippen LogP contribution in [0.4, 0.5) is 0 Å². The predicted octanol–water partition coefficient (Wildman–Crippen LogP) is 2.93. The highest BCUT2D eigenvalue weighted by Gasteiger charge is 2.03. The van der Waals surface area contributed by atoms with Crippen molar-refractivity contribution in [1.82, 2.24) is 9.97 Å². The first-order chi connectivity index (χ1) is 5.29. The molecule has 56 valence electrons. The molecule has 0 bridgehead atoms. The number of pyridine rings is 1. The van der Waals surface area contributed by atoms with Crippen molar-refractivity contribution in [3.8, 4) is 0 Å². The second kappa shape index (κ2) is 2.75. The van der Waals surface area contributed by atoms with Crippen molar-refractivity contribution < 1.29 is 0 Å². The second-order valence-corrected chi connectivity index (χ2v) is 4.04. The van der Waals surface area contributed by atoms with Crippen LogP contribution >= 0.6 is 38.5 Å². The van der Waals surface area contributed by atoms with Gasteiger partial charge in [-0.05, 0) is 44.6 Å². The Labute approximate surface area is 85.7 Å². The standard InChI is InChI=1S/C7H4BrIN2/c8-4-3-11-5-1-2-10-7(9)6(4)5/h1-3,11H. The average Bonchev–Trinajstić information content (AvgIpc) is 2.34. The van der Waals surface area contributed by atoms with Crippen LogP contribution in [0.25, 0.3) is 10.9 Å². The van der Waals surface area contributed by atoms with E-state index in [9.17, 15) is 0 Å². The SMILES string of the molecule is Brc1c[nH]c2ccnc(I)c12. The van der Waals surface area contributed by atoms with Gasteiger partial charge in [0.15, 0.2) is 0 Å². The molecule has 2 heterocycles. The molecule has 0 spiro atoms. The molecule has 4 heteroatoms. The Kier molecular flexibility index (Phi) is 1.88. The summed E-state index contributed by atoms with van der Waals surface area (Å²) in [5.74, 6) is 0. The molecule has 2 aromatic heterocycles. The third-order valence-electron chi connectivity index (χ3n) is 1.50. The third kappa shape index (κ3) is 1.18. The molecule has 2 aromatic rings. The Balaban J connectivity index is 2.96. The summed E-state index contributed by atoms with van der Waals surface area (Å²) >= 11 is 5.66. The molecule has 0 aliphatic carbocycles. The van der Waals surface area contributed by atoms with Gasteiger partial charge in [-0.1, -0.05) is 0 Å². The van der Waals surface area contributed by atoms with Gasteiger partial charge in [-0.3, -0.25) is 0 Å². The summed E-state index contributed by atoms with van der Waals surface area (Å²) < 4.78 is 2.10. The normalized spacial score (nSPS) is 10.7. The lowest BCUT2D eigenvalue weighted by Gasteiger charge is -1.91. The smallest absolute Gasteiger partial charge is 0.111 e. The fourth-order valence-corrected chi connectivity index (χ4v) is 2.63. The lowest BCUT2D eigenvalue weighted by Crippen LogP contribution is -1.78. The molecule has 2 nitrogen and oxygen atoms in total. The minimum atomic E-state index is 1.02. The van der Waals surface area contributed by atoms with Crippen LogP contribution in [0.2, 0.25) is 0 Å². The molecule has 0 aromatic carbocycles. The maximum atomic E-state index is 4.18. The highest BCUT2D eigenvalue weighted by atomic mass is 127. The number of nitrogens with zero attached hydrogens (tertiary/aromatic N) is 1. The van der Waals surface area contributed by atoms with Gasteiger partial charge in [0.2, 0.25) is 0 Å². The highest BCUT2D eigenvalue weighted by molar-refractivity contribution is 14.1. The molecule has 0 unspecified atom stereocenters. The lowest BCUT2D eigenvalue weighted by atomic mass is 10.3. The number of hydrogen-bond acceptors (Lipinski definition) is 1. The summed E-state index contributed by atoms with van der Waals surface area (Å²) in [4.78, 5) is 7.31. The lowest BCUT2D eigenvalue weighted by molar-refractivity contribution is 1.31. The van der Waals surface area contributed by atoms with Gasteiger partial charge in [0.25, 0.3) is 0 Å². The average molecular weight is 323 g/mol. The van der Waals surface area contributed by atoms with Crippen molar-refractivity contribution in [2.45, 2.75) is 0 Å². The predicted molar refractivity (Wildman–Crippen MR) is 56.5 cm³/mol. The summed E-state index contributed by atoms with van der Waals surface area (Å²) in [5.41, 5.74) is 1.12. The summed E-state index contributed by atoms with van der Waals surface area (Å²) in [7, 11) is 0. The van der Waals surface area contributed by atoms with Crippen LogP contribution in [0.1, 0.15) is 0 Å². The zero-order valence-corrected chi connectivity index (χ0v) is 9.18. The largest absolute Gasteiger partial charge is 0.360 e. The highest BCUT2D eigenvalue weighted by Crippen LogP contribution is 2.26. The molecular weight excluding hydrogens is 319 g/mol. The van der Waals surface area contributed by atoms with E-state index in [0.717, 1.165) is 19.1 Å². The van der Waals surface area contributed by atoms with Gasteiger partial charge < -0.3 is 4.98 Å². The molecule has 0 aliphatic heterocycles. The molecule has 0 saturated carbocycles. The number of nitrogens with one attached hydrogen (secondary N) is 1. The van der Waals surface area contributed by atoms with Crippen LogP contribution in [0.5, 0.6) is 0 Å². The van der Waals surface area contributed by atoms with Crippen LogP contribution in [-0.2, 0) is 0 Å². The van der Waals surface area contributed by atoms with Crippen LogP contribution in [0, 0.1) is 3.70 Å². The van der Waals surface area contributed by atoms with Gasteiger partial charge in [0.1, 0.15) is 3.70 Å². The zero-order chi connectivity index (χ0) is 7.84. The van der Waals surface area contributed by atoms with Crippen LogP contribution in [-0.4, -0.2) is 9.97 Å². The number of rotatable bonds is 0. The fraction of sp³-hybridized carbons (Fsp3) is 0. The molecule has 0 amide bonds. The molecular formula is C7H4BrIN2. The molecule has 0 aliphatic rings. The summed E-state index contributed by atoms with van der Waals surface area (Å²) in [6, 6.07) is 1.96. The van der Waals surface area contributed by atoms with E-state index in [2.05, 4.69) is 48.5 Å². The summed E-state index contributed by atoms with van der Waals surface area (Å²) in [6.45, 7) is 0. The minimum Gasteiger partial charge on any atom is -0.360 e. The van der Waals surface area contributed by atoms with Gasteiger partial charge in [-0.15, -0.1) is 0 Å². The van der Waals surface area contributed by atoms with Gasteiger partial charge in [-0.25, -0.2) is 4.98 Å². The number of hydrogen-bond donors (Lipinski definition) is 1. The molecule has 0 saturated heterocycles. The fourth-order valence-electron chi connectivity index (χ4n) is 0.997. The Morgan fingerprint density at radius 1 is 1.55 bits per heavy atom. The molecule has 2 rings (SSSR count). The first-order valence-corrected chi connectivity index (χ1v) is 4.93. The van der Waals surface area contributed by atoms with Gasteiger partial charge in [-0.2, -0.15) is 0 Å². The number of aromatic nitrogens is 2. The summed E-state index contributed by atoms with van der Waals surface area (Å²) in [6.07, 6.45) is 3.72. The van der Waals surface area contributed by atoms with Crippen LogP contribution < -0.4 is 0 Å². The Morgan fingerprint density at radius 2 is 2.36 bits per heavy atom. The Hall–Kier alpha value is -0.100. The van der Waals surface area contributed by atoms with E-state index in [-0.39, 0.29) is 0 Å². The van der Waals surface area contributed by atoms with Crippen molar-refractivity contribution in [2.75, 3.05) is 0 Å². The molecule has 0 atom stereocenters. The van der Waals surface area contributed by atoms with E-state index >= 15 is 0 Å². The van der Waals surface area contributed by atoms with Gasteiger partial charge in [0, 0.05) is 22.3 Å². The third-order valence-corrected chi connectivity index (χ3v) is 2.94. The minimum absolute atomic E-state index is 1.02. The van der Waals surface area contributed by atoms with E-state index in [1.807, 2.05) is 12.3 Å². The number of H-pyrrole nitrogens is 1. The van der Waals surface area contributed by atoms with E-state index in [4.69, 9.17) is 0 Å². The Morgan fingerprint density at radius 3 is 3.09 bits per heavy atom. The molecule has 0 radical (unpaired) electrons.